The Hall–Kier alpha value is -0.120. The molecule has 0 aromatic carbocycles. The van der Waals surface area contributed by atoms with Gasteiger partial charge in [0.05, 0.1) is 13.2 Å². The van der Waals surface area contributed by atoms with Gasteiger partial charge in [0.15, 0.2) is 0 Å². The molecule has 0 spiro atoms. The molecule has 2 aliphatic heterocycles. The number of rotatable bonds is 4. The maximum absolute atomic E-state index is 5.44. The van der Waals surface area contributed by atoms with Gasteiger partial charge < -0.3 is 15.0 Å². The van der Waals surface area contributed by atoms with E-state index in [0.717, 1.165) is 25.7 Å². The van der Waals surface area contributed by atoms with Gasteiger partial charge in [-0.3, -0.25) is 0 Å². The molecule has 0 aromatic rings. The van der Waals surface area contributed by atoms with Crippen LogP contribution in [0, 0.1) is 11.3 Å². The Bertz CT molecular complexity index is 192. The summed E-state index contributed by atoms with van der Waals surface area (Å²) in [6, 6.07) is 0. The van der Waals surface area contributed by atoms with Gasteiger partial charge in [-0.05, 0) is 45.9 Å². The van der Waals surface area contributed by atoms with Crippen LogP contribution in [0.3, 0.4) is 0 Å². The number of likely N-dealkylation sites (tertiary alicyclic amines) is 1. The molecule has 2 rings (SSSR count). The average molecular weight is 198 g/mol. The van der Waals surface area contributed by atoms with E-state index in [2.05, 4.69) is 17.3 Å². The van der Waals surface area contributed by atoms with E-state index in [1.165, 1.54) is 25.9 Å². The maximum atomic E-state index is 5.44. The van der Waals surface area contributed by atoms with Crippen molar-refractivity contribution in [2.24, 2.45) is 11.3 Å². The van der Waals surface area contributed by atoms with Gasteiger partial charge in [-0.1, -0.05) is 0 Å². The zero-order valence-corrected chi connectivity index (χ0v) is 9.38. The van der Waals surface area contributed by atoms with Crippen molar-refractivity contribution in [3.63, 3.8) is 0 Å². The molecule has 0 aliphatic carbocycles. The second-order valence-electron chi connectivity index (χ2n) is 4.96. The lowest BCUT2D eigenvalue weighted by Crippen LogP contribution is -2.50. The van der Waals surface area contributed by atoms with Gasteiger partial charge in [0, 0.05) is 12.0 Å². The fraction of sp³-hybridized carbons (Fsp3) is 1.00. The standard InChI is InChI=1S/C11H22N2O/c1-12-5-4-11(8-14-9-11)10-3-6-13(2)7-10/h10,12H,3-9H2,1-2H3. The van der Waals surface area contributed by atoms with Crippen LogP contribution in [0.5, 0.6) is 0 Å². The van der Waals surface area contributed by atoms with Crippen molar-refractivity contribution in [2.45, 2.75) is 12.8 Å². The molecule has 82 valence electrons. The minimum absolute atomic E-state index is 0.508. The zero-order chi connectivity index (χ0) is 10.0. The topological polar surface area (TPSA) is 24.5 Å². The molecule has 2 heterocycles. The van der Waals surface area contributed by atoms with Crippen LogP contribution >= 0.6 is 0 Å². The van der Waals surface area contributed by atoms with Crippen LogP contribution < -0.4 is 5.32 Å². The molecule has 1 unspecified atom stereocenters. The minimum Gasteiger partial charge on any atom is -0.380 e. The SMILES string of the molecule is CNCCC1(C2CCN(C)C2)COC1. The van der Waals surface area contributed by atoms with Crippen molar-refractivity contribution in [3.05, 3.63) is 0 Å². The highest BCUT2D eigenvalue weighted by Gasteiger charge is 2.46. The molecular weight excluding hydrogens is 176 g/mol. The number of ether oxygens (including phenoxy) is 1. The summed E-state index contributed by atoms with van der Waals surface area (Å²) in [5.74, 6) is 0.870. The van der Waals surface area contributed by atoms with Crippen LogP contribution in [0.2, 0.25) is 0 Å². The highest BCUT2D eigenvalue weighted by Crippen LogP contribution is 2.43. The van der Waals surface area contributed by atoms with Crippen molar-refractivity contribution in [2.75, 3.05) is 46.9 Å². The maximum Gasteiger partial charge on any atom is 0.0548 e. The Labute approximate surface area is 86.8 Å². The van der Waals surface area contributed by atoms with Crippen molar-refractivity contribution < 1.29 is 4.74 Å². The molecule has 2 aliphatic rings. The molecular formula is C11H22N2O. The van der Waals surface area contributed by atoms with E-state index >= 15 is 0 Å². The fourth-order valence-corrected chi connectivity index (χ4v) is 2.76. The Morgan fingerprint density at radius 1 is 1.50 bits per heavy atom. The summed E-state index contributed by atoms with van der Waals surface area (Å²) < 4.78 is 5.44. The zero-order valence-electron chi connectivity index (χ0n) is 9.38. The summed E-state index contributed by atoms with van der Waals surface area (Å²) in [4.78, 5) is 2.45. The first-order valence-corrected chi connectivity index (χ1v) is 5.68. The first-order valence-electron chi connectivity index (χ1n) is 5.68. The van der Waals surface area contributed by atoms with Gasteiger partial charge in [-0.25, -0.2) is 0 Å². The Morgan fingerprint density at radius 2 is 2.29 bits per heavy atom. The average Bonchev–Trinajstić information content (AvgIpc) is 2.51. The van der Waals surface area contributed by atoms with Crippen molar-refractivity contribution in [1.29, 1.82) is 0 Å². The molecule has 2 fully saturated rings. The van der Waals surface area contributed by atoms with E-state index in [1.807, 2.05) is 7.05 Å². The van der Waals surface area contributed by atoms with Crippen molar-refractivity contribution in [1.82, 2.24) is 10.2 Å². The van der Waals surface area contributed by atoms with Crippen LogP contribution in [0.1, 0.15) is 12.8 Å². The lowest BCUT2D eigenvalue weighted by molar-refractivity contribution is -0.146. The molecule has 2 saturated heterocycles. The van der Waals surface area contributed by atoms with Gasteiger partial charge in [0.2, 0.25) is 0 Å². The second kappa shape index (κ2) is 4.17. The summed E-state index contributed by atoms with van der Waals surface area (Å²) in [5, 5.41) is 3.26. The van der Waals surface area contributed by atoms with Crippen LogP contribution in [0.4, 0.5) is 0 Å². The van der Waals surface area contributed by atoms with Gasteiger partial charge >= 0.3 is 0 Å². The normalized spacial score (nSPS) is 31.7. The molecule has 0 aromatic heterocycles. The molecule has 14 heavy (non-hydrogen) atoms. The third-order valence-corrected chi connectivity index (χ3v) is 3.91. The summed E-state index contributed by atoms with van der Waals surface area (Å²) in [7, 11) is 4.26. The number of hydrogen-bond donors (Lipinski definition) is 1. The van der Waals surface area contributed by atoms with Crippen LogP contribution in [-0.4, -0.2) is 51.8 Å². The third-order valence-electron chi connectivity index (χ3n) is 3.91. The summed E-state index contributed by atoms with van der Waals surface area (Å²) >= 11 is 0. The third kappa shape index (κ3) is 1.81. The first-order chi connectivity index (χ1) is 6.77. The van der Waals surface area contributed by atoms with Crippen LogP contribution in [-0.2, 0) is 4.74 Å². The summed E-state index contributed by atoms with van der Waals surface area (Å²) in [5.41, 5.74) is 0.508. The summed E-state index contributed by atoms with van der Waals surface area (Å²) in [6.45, 7) is 5.66. The van der Waals surface area contributed by atoms with E-state index in [9.17, 15) is 0 Å². The molecule has 1 N–H and O–H groups in total. The van der Waals surface area contributed by atoms with Gasteiger partial charge in [-0.15, -0.1) is 0 Å². The van der Waals surface area contributed by atoms with E-state index in [-0.39, 0.29) is 0 Å². The predicted octanol–water partition coefficient (Wildman–Crippen LogP) is 0.564. The van der Waals surface area contributed by atoms with E-state index in [1.54, 1.807) is 0 Å². The van der Waals surface area contributed by atoms with E-state index < -0.39 is 0 Å². The molecule has 1 atom stereocenters. The van der Waals surface area contributed by atoms with Crippen molar-refractivity contribution in [3.8, 4) is 0 Å². The monoisotopic (exact) mass is 198 g/mol. The second-order valence-corrected chi connectivity index (χ2v) is 4.96. The molecule has 0 bridgehead atoms. The van der Waals surface area contributed by atoms with E-state index in [0.29, 0.717) is 5.41 Å². The molecule has 0 saturated carbocycles. The lowest BCUT2D eigenvalue weighted by Gasteiger charge is -2.46. The first kappa shape index (κ1) is 10.4. The van der Waals surface area contributed by atoms with Crippen LogP contribution in [0.15, 0.2) is 0 Å². The van der Waals surface area contributed by atoms with E-state index in [4.69, 9.17) is 4.74 Å². The highest BCUT2D eigenvalue weighted by atomic mass is 16.5. The number of nitrogens with zero attached hydrogens (tertiary/aromatic N) is 1. The molecule has 3 nitrogen and oxygen atoms in total. The van der Waals surface area contributed by atoms with Gasteiger partial charge in [-0.2, -0.15) is 0 Å². The predicted molar refractivity (Wildman–Crippen MR) is 57.4 cm³/mol. The quantitative estimate of drug-likeness (QED) is 0.714. The van der Waals surface area contributed by atoms with Crippen molar-refractivity contribution >= 4 is 0 Å². The molecule has 0 amide bonds. The largest absolute Gasteiger partial charge is 0.380 e. The number of hydrogen-bond acceptors (Lipinski definition) is 3. The number of nitrogens with one attached hydrogen (secondary N) is 1. The highest BCUT2D eigenvalue weighted by molar-refractivity contribution is 4.95. The molecule has 3 heteroatoms. The van der Waals surface area contributed by atoms with Gasteiger partial charge in [0.25, 0.3) is 0 Å². The Kier molecular flexibility index (Phi) is 3.10. The lowest BCUT2D eigenvalue weighted by atomic mass is 9.70. The Morgan fingerprint density at radius 3 is 2.71 bits per heavy atom. The summed E-state index contributed by atoms with van der Waals surface area (Å²) in [6.07, 6.45) is 2.64. The fourth-order valence-electron chi connectivity index (χ4n) is 2.76. The van der Waals surface area contributed by atoms with Crippen LogP contribution in [0.25, 0.3) is 0 Å². The van der Waals surface area contributed by atoms with Gasteiger partial charge in [0.1, 0.15) is 0 Å². The smallest absolute Gasteiger partial charge is 0.0548 e. The Balaban J connectivity index is 1.91. The molecule has 0 radical (unpaired) electrons. The minimum atomic E-state index is 0.508.